The number of hydrogen-bond donors (Lipinski definition) is 1. The van der Waals surface area contributed by atoms with E-state index < -0.39 is 16.1 Å². The number of anilines is 1. The van der Waals surface area contributed by atoms with Crippen LogP contribution in [0.25, 0.3) is 5.69 Å². The van der Waals surface area contributed by atoms with E-state index in [1.54, 1.807) is 12.3 Å². The number of aromatic nitrogens is 2. The van der Waals surface area contributed by atoms with Gasteiger partial charge in [-0.1, -0.05) is 31.2 Å². The Hall–Kier alpha value is -3.13. The van der Waals surface area contributed by atoms with Crippen molar-refractivity contribution in [3.05, 3.63) is 77.4 Å². The van der Waals surface area contributed by atoms with E-state index in [0.717, 1.165) is 34.5 Å². The fourth-order valence-electron chi connectivity index (χ4n) is 3.75. The number of sulfonamides is 1. The van der Waals surface area contributed by atoms with Gasteiger partial charge in [-0.05, 0) is 62.1 Å². The minimum atomic E-state index is -3.68. The van der Waals surface area contributed by atoms with Gasteiger partial charge in [0.1, 0.15) is 11.9 Å². The molecule has 7 nitrogen and oxygen atoms in total. The van der Waals surface area contributed by atoms with Crippen molar-refractivity contribution < 1.29 is 13.2 Å². The molecule has 2 aromatic carbocycles. The van der Waals surface area contributed by atoms with Crippen LogP contribution < -0.4 is 9.62 Å². The summed E-state index contributed by atoms with van der Waals surface area (Å²) < 4.78 is 28.6. The summed E-state index contributed by atoms with van der Waals surface area (Å²) >= 11 is 0. The molecule has 0 aliphatic carbocycles. The molecule has 0 aliphatic rings. The Morgan fingerprint density at radius 1 is 1.12 bits per heavy atom. The van der Waals surface area contributed by atoms with Gasteiger partial charge < -0.3 is 9.88 Å². The van der Waals surface area contributed by atoms with Gasteiger partial charge >= 0.3 is 0 Å². The Labute approximate surface area is 190 Å². The number of para-hydroxylation sites is 1. The summed E-state index contributed by atoms with van der Waals surface area (Å²) in [6, 6.07) is 12.3. The molecule has 8 heteroatoms. The van der Waals surface area contributed by atoms with Crippen molar-refractivity contribution >= 4 is 21.6 Å². The summed E-state index contributed by atoms with van der Waals surface area (Å²) in [4.78, 5) is 17.5. The first kappa shape index (κ1) is 23.5. The minimum absolute atomic E-state index is 0.271. The lowest BCUT2D eigenvalue weighted by molar-refractivity contribution is -0.122. The molecule has 0 saturated carbocycles. The highest BCUT2D eigenvalue weighted by atomic mass is 32.2. The maximum atomic E-state index is 13.2. The smallest absolute Gasteiger partial charge is 0.244 e. The number of carbonyl (C=O) groups excluding carboxylic acids is 1. The molecule has 3 rings (SSSR count). The number of hydrogen-bond acceptors (Lipinski definition) is 4. The van der Waals surface area contributed by atoms with Gasteiger partial charge in [-0.25, -0.2) is 13.4 Å². The second-order valence-electron chi connectivity index (χ2n) is 7.94. The number of benzene rings is 2. The van der Waals surface area contributed by atoms with Gasteiger partial charge in [-0.3, -0.25) is 9.10 Å². The third-order valence-electron chi connectivity index (χ3n) is 5.60. The van der Waals surface area contributed by atoms with Crippen LogP contribution in [0.15, 0.2) is 54.9 Å². The first-order valence-electron chi connectivity index (χ1n) is 10.6. The van der Waals surface area contributed by atoms with Crippen LogP contribution >= 0.6 is 0 Å². The Bertz CT molecular complexity index is 1220. The van der Waals surface area contributed by atoms with E-state index in [4.69, 9.17) is 0 Å². The van der Waals surface area contributed by atoms with Crippen molar-refractivity contribution in [2.75, 3.05) is 10.6 Å². The number of carbonyl (C=O) groups is 1. The molecule has 1 amide bonds. The third-order valence-corrected chi connectivity index (χ3v) is 6.78. The lowest BCUT2D eigenvalue weighted by Crippen LogP contribution is -2.49. The SMILES string of the molecule is CC[C@H](C(=O)NCc1ccccc1-n1ccnc1C)N(c1ccc(C)c(C)c1)S(C)(=O)=O. The van der Waals surface area contributed by atoms with Crippen molar-refractivity contribution in [3.8, 4) is 5.69 Å². The largest absolute Gasteiger partial charge is 0.350 e. The van der Waals surface area contributed by atoms with Crippen LogP contribution in [0.1, 0.15) is 35.9 Å². The summed E-state index contributed by atoms with van der Waals surface area (Å²) in [5.74, 6) is 0.501. The van der Waals surface area contributed by atoms with Gasteiger partial charge in [0, 0.05) is 18.9 Å². The molecule has 32 heavy (non-hydrogen) atoms. The standard InChI is InChI=1S/C24H30N4O3S/c1-6-22(28(32(5,30)31)21-12-11-17(2)18(3)15-21)24(29)26-16-20-9-7-8-10-23(20)27-14-13-25-19(27)4/h7-15,22H,6,16H2,1-5H3,(H,26,29)/t22-/m1/s1. The quantitative estimate of drug-likeness (QED) is 0.563. The number of imidazole rings is 1. The maximum absolute atomic E-state index is 13.2. The van der Waals surface area contributed by atoms with Crippen LogP contribution in [-0.4, -0.2) is 36.2 Å². The molecule has 1 aromatic heterocycles. The van der Waals surface area contributed by atoms with Gasteiger partial charge in [-0.15, -0.1) is 0 Å². The lowest BCUT2D eigenvalue weighted by atomic mass is 10.1. The van der Waals surface area contributed by atoms with Gasteiger partial charge in [-0.2, -0.15) is 0 Å². The van der Waals surface area contributed by atoms with Gasteiger partial charge in [0.2, 0.25) is 15.9 Å². The minimum Gasteiger partial charge on any atom is -0.350 e. The monoisotopic (exact) mass is 454 g/mol. The molecule has 1 atom stereocenters. The summed E-state index contributed by atoms with van der Waals surface area (Å²) in [5.41, 5.74) is 4.35. The Kier molecular flexibility index (Phi) is 7.03. The third kappa shape index (κ3) is 5.02. The Balaban J connectivity index is 1.87. The summed E-state index contributed by atoms with van der Waals surface area (Å²) in [6.45, 7) is 7.89. The van der Waals surface area contributed by atoms with Gasteiger partial charge in [0.15, 0.2) is 0 Å². The highest BCUT2D eigenvalue weighted by molar-refractivity contribution is 7.92. The zero-order valence-corrected chi connectivity index (χ0v) is 20.0. The van der Waals surface area contributed by atoms with E-state index in [9.17, 15) is 13.2 Å². The van der Waals surface area contributed by atoms with Crippen molar-refractivity contribution in [2.24, 2.45) is 0 Å². The average molecular weight is 455 g/mol. The number of amides is 1. The van der Waals surface area contributed by atoms with Crippen LogP contribution in [0.3, 0.4) is 0 Å². The van der Waals surface area contributed by atoms with E-state index in [2.05, 4.69) is 10.3 Å². The van der Waals surface area contributed by atoms with Crippen LogP contribution in [0, 0.1) is 20.8 Å². The summed E-state index contributed by atoms with van der Waals surface area (Å²) in [5, 5.41) is 2.94. The van der Waals surface area contributed by atoms with Crippen LogP contribution in [0.5, 0.6) is 0 Å². The second kappa shape index (κ2) is 9.56. The molecule has 1 heterocycles. The molecule has 0 unspecified atom stereocenters. The number of rotatable bonds is 8. The number of nitrogens with one attached hydrogen (secondary N) is 1. The predicted octanol–water partition coefficient (Wildman–Crippen LogP) is 3.66. The first-order valence-corrected chi connectivity index (χ1v) is 12.4. The summed E-state index contributed by atoms with van der Waals surface area (Å²) in [7, 11) is -3.68. The topological polar surface area (TPSA) is 84.3 Å². The zero-order chi connectivity index (χ0) is 23.5. The van der Waals surface area contributed by atoms with E-state index >= 15 is 0 Å². The molecular formula is C24H30N4O3S. The van der Waals surface area contributed by atoms with Crippen LogP contribution in [0.2, 0.25) is 0 Å². The van der Waals surface area contributed by atoms with Crippen molar-refractivity contribution in [1.82, 2.24) is 14.9 Å². The zero-order valence-electron chi connectivity index (χ0n) is 19.2. The van der Waals surface area contributed by atoms with Gasteiger partial charge in [0.25, 0.3) is 0 Å². The van der Waals surface area contributed by atoms with Crippen molar-refractivity contribution in [2.45, 2.75) is 46.7 Å². The molecule has 0 saturated heterocycles. The molecule has 0 aliphatic heterocycles. The molecule has 170 valence electrons. The average Bonchev–Trinajstić information content (AvgIpc) is 3.17. The number of aryl methyl sites for hydroxylation is 3. The first-order chi connectivity index (χ1) is 15.1. The van der Waals surface area contributed by atoms with Crippen molar-refractivity contribution in [1.29, 1.82) is 0 Å². The Morgan fingerprint density at radius 2 is 1.84 bits per heavy atom. The fraction of sp³-hybridized carbons (Fsp3) is 0.333. The lowest BCUT2D eigenvalue weighted by Gasteiger charge is -2.30. The van der Waals surface area contributed by atoms with Crippen LogP contribution in [0.4, 0.5) is 5.69 Å². The normalized spacial score (nSPS) is 12.4. The molecule has 0 spiro atoms. The fourth-order valence-corrected chi connectivity index (χ4v) is 4.95. The molecular weight excluding hydrogens is 424 g/mol. The van der Waals surface area contributed by atoms with E-state index in [1.807, 2.05) is 74.9 Å². The predicted molar refractivity (Wildman–Crippen MR) is 127 cm³/mol. The molecule has 3 aromatic rings. The maximum Gasteiger partial charge on any atom is 0.244 e. The molecule has 0 radical (unpaired) electrons. The second-order valence-corrected chi connectivity index (χ2v) is 9.80. The Morgan fingerprint density at radius 3 is 2.44 bits per heavy atom. The van der Waals surface area contributed by atoms with Gasteiger partial charge in [0.05, 0.1) is 17.6 Å². The van der Waals surface area contributed by atoms with Crippen molar-refractivity contribution in [3.63, 3.8) is 0 Å². The van der Waals surface area contributed by atoms with E-state index in [1.165, 1.54) is 4.31 Å². The summed E-state index contributed by atoms with van der Waals surface area (Å²) in [6.07, 6.45) is 5.07. The molecule has 0 fully saturated rings. The van der Waals surface area contributed by atoms with E-state index in [0.29, 0.717) is 12.1 Å². The molecule has 0 bridgehead atoms. The highest BCUT2D eigenvalue weighted by Crippen LogP contribution is 2.25. The van der Waals surface area contributed by atoms with E-state index in [-0.39, 0.29) is 12.5 Å². The van der Waals surface area contributed by atoms with Crippen LogP contribution in [-0.2, 0) is 21.4 Å². The number of nitrogens with zero attached hydrogens (tertiary/aromatic N) is 3. The highest BCUT2D eigenvalue weighted by Gasteiger charge is 2.31. The molecule has 1 N–H and O–H groups in total.